The van der Waals surface area contributed by atoms with Crippen LogP contribution in [-0.4, -0.2) is 36.6 Å². The van der Waals surface area contributed by atoms with E-state index in [9.17, 15) is 0 Å². The summed E-state index contributed by atoms with van der Waals surface area (Å²) in [5.74, 6) is 1.68. The topological polar surface area (TPSA) is 15.3 Å². The average molecular weight is 238 g/mol. The Morgan fingerprint density at radius 3 is 2.24 bits per heavy atom. The van der Waals surface area contributed by atoms with E-state index in [1.165, 1.54) is 38.6 Å². The van der Waals surface area contributed by atoms with Gasteiger partial charge in [-0.3, -0.25) is 0 Å². The predicted octanol–water partition coefficient (Wildman–Crippen LogP) is 2.88. The predicted molar refractivity (Wildman–Crippen MR) is 74.2 cm³/mol. The van der Waals surface area contributed by atoms with Crippen molar-refractivity contribution >= 4 is 0 Å². The van der Waals surface area contributed by atoms with Crippen molar-refractivity contribution in [2.24, 2.45) is 11.8 Å². The number of hydrogen-bond acceptors (Lipinski definition) is 2. The fourth-order valence-corrected chi connectivity index (χ4v) is 4.00. The molecule has 0 amide bonds. The van der Waals surface area contributed by atoms with Crippen LogP contribution < -0.4 is 5.32 Å². The summed E-state index contributed by atoms with van der Waals surface area (Å²) in [5, 5.41) is 3.80. The van der Waals surface area contributed by atoms with Crippen LogP contribution in [0.2, 0.25) is 0 Å². The average Bonchev–Trinajstić information content (AvgIpc) is 2.53. The number of hydrogen-bond donors (Lipinski definition) is 1. The number of fused-ring (bicyclic) bond motifs is 2. The molecule has 2 aliphatic rings. The van der Waals surface area contributed by atoms with Crippen LogP contribution in [0.1, 0.15) is 52.9 Å². The van der Waals surface area contributed by atoms with Crippen molar-refractivity contribution in [3.8, 4) is 0 Å². The Labute approximate surface area is 107 Å². The Kier molecular flexibility index (Phi) is 4.48. The Hall–Kier alpha value is -0.0800. The maximum Gasteiger partial charge on any atom is 0.0119 e. The van der Waals surface area contributed by atoms with Crippen molar-refractivity contribution in [2.45, 2.75) is 71.0 Å². The van der Waals surface area contributed by atoms with Gasteiger partial charge in [0.1, 0.15) is 0 Å². The highest BCUT2D eigenvalue weighted by atomic mass is 15.2. The molecule has 1 N–H and O–H groups in total. The van der Waals surface area contributed by atoms with Gasteiger partial charge in [0.25, 0.3) is 0 Å². The van der Waals surface area contributed by atoms with Crippen LogP contribution >= 0.6 is 0 Å². The molecule has 0 aromatic rings. The molecule has 2 aliphatic heterocycles. The minimum atomic E-state index is 0.742. The Bertz CT molecular complexity index is 225. The van der Waals surface area contributed by atoms with Gasteiger partial charge in [0, 0.05) is 18.1 Å². The number of nitrogens with one attached hydrogen (secondary N) is 1. The van der Waals surface area contributed by atoms with Gasteiger partial charge in [0.05, 0.1) is 0 Å². The zero-order valence-electron chi connectivity index (χ0n) is 12.1. The third-order valence-electron chi connectivity index (χ3n) is 4.99. The summed E-state index contributed by atoms with van der Waals surface area (Å²) in [7, 11) is 2.34. The van der Waals surface area contributed by atoms with E-state index in [0.717, 1.165) is 30.0 Å². The first kappa shape index (κ1) is 13.4. The molecule has 3 atom stereocenters. The highest BCUT2D eigenvalue weighted by Crippen LogP contribution is 2.39. The SMILES string of the molecule is CCCNC(C(C)C)C1CC2CCC(C1)N2C. The lowest BCUT2D eigenvalue weighted by atomic mass is 9.80. The zero-order valence-corrected chi connectivity index (χ0v) is 12.1. The second-order valence-corrected chi connectivity index (χ2v) is 6.51. The van der Waals surface area contributed by atoms with Gasteiger partial charge < -0.3 is 10.2 Å². The van der Waals surface area contributed by atoms with Crippen LogP contribution in [0.3, 0.4) is 0 Å². The Morgan fingerprint density at radius 2 is 1.76 bits per heavy atom. The Morgan fingerprint density at radius 1 is 1.18 bits per heavy atom. The summed E-state index contributed by atoms with van der Waals surface area (Å²) >= 11 is 0. The highest BCUT2D eigenvalue weighted by Gasteiger charge is 2.41. The molecule has 0 spiro atoms. The molecular formula is C15H30N2. The zero-order chi connectivity index (χ0) is 12.4. The fourth-order valence-electron chi connectivity index (χ4n) is 4.00. The lowest BCUT2D eigenvalue weighted by Gasteiger charge is -2.41. The minimum Gasteiger partial charge on any atom is -0.313 e. The van der Waals surface area contributed by atoms with Crippen LogP contribution in [0.15, 0.2) is 0 Å². The number of nitrogens with zero attached hydrogens (tertiary/aromatic N) is 1. The minimum absolute atomic E-state index is 0.742. The number of rotatable bonds is 5. The van der Waals surface area contributed by atoms with Crippen LogP contribution in [-0.2, 0) is 0 Å². The van der Waals surface area contributed by atoms with Gasteiger partial charge in [-0.15, -0.1) is 0 Å². The molecule has 100 valence electrons. The summed E-state index contributed by atoms with van der Waals surface area (Å²) in [6, 6.07) is 2.50. The van der Waals surface area contributed by atoms with E-state index in [-0.39, 0.29) is 0 Å². The second-order valence-electron chi connectivity index (χ2n) is 6.51. The molecule has 2 heterocycles. The van der Waals surface area contributed by atoms with E-state index in [1.807, 2.05) is 0 Å². The molecular weight excluding hydrogens is 208 g/mol. The van der Waals surface area contributed by atoms with Crippen LogP contribution in [0.25, 0.3) is 0 Å². The van der Waals surface area contributed by atoms with Crippen LogP contribution in [0.4, 0.5) is 0 Å². The van der Waals surface area contributed by atoms with Crippen molar-refractivity contribution in [1.29, 1.82) is 0 Å². The maximum absolute atomic E-state index is 3.80. The van der Waals surface area contributed by atoms with Crippen molar-refractivity contribution < 1.29 is 0 Å². The largest absolute Gasteiger partial charge is 0.313 e. The summed E-state index contributed by atoms with van der Waals surface area (Å²) in [5.41, 5.74) is 0. The summed E-state index contributed by atoms with van der Waals surface area (Å²) in [4.78, 5) is 2.65. The monoisotopic (exact) mass is 238 g/mol. The standard InChI is InChI=1S/C15H30N2/c1-5-8-16-15(11(2)3)12-9-13-6-7-14(10-12)17(13)4/h11-16H,5-10H2,1-4H3. The van der Waals surface area contributed by atoms with Gasteiger partial charge in [-0.25, -0.2) is 0 Å². The first-order valence-corrected chi connectivity index (χ1v) is 7.58. The van der Waals surface area contributed by atoms with Gasteiger partial charge >= 0.3 is 0 Å². The third-order valence-corrected chi connectivity index (χ3v) is 4.99. The Balaban J connectivity index is 1.96. The molecule has 2 nitrogen and oxygen atoms in total. The highest BCUT2D eigenvalue weighted by molar-refractivity contribution is 4.97. The fraction of sp³-hybridized carbons (Fsp3) is 1.00. The van der Waals surface area contributed by atoms with Crippen molar-refractivity contribution in [2.75, 3.05) is 13.6 Å². The summed E-state index contributed by atoms with van der Waals surface area (Å²) < 4.78 is 0. The van der Waals surface area contributed by atoms with Gasteiger partial charge in [0.2, 0.25) is 0 Å². The van der Waals surface area contributed by atoms with Crippen LogP contribution in [0.5, 0.6) is 0 Å². The van der Waals surface area contributed by atoms with E-state index in [4.69, 9.17) is 0 Å². The molecule has 2 saturated heterocycles. The summed E-state index contributed by atoms with van der Waals surface area (Å²) in [6.07, 6.45) is 6.98. The molecule has 0 aromatic carbocycles. The van der Waals surface area contributed by atoms with Gasteiger partial charge in [-0.05, 0) is 57.5 Å². The van der Waals surface area contributed by atoms with Crippen molar-refractivity contribution in [3.63, 3.8) is 0 Å². The molecule has 0 radical (unpaired) electrons. The smallest absolute Gasteiger partial charge is 0.0119 e. The normalized spacial score (nSPS) is 35.5. The molecule has 2 bridgehead atoms. The van der Waals surface area contributed by atoms with E-state index in [0.29, 0.717) is 0 Å². The second kappa shape index (κ2) is 5.71. The van der Waals surface area contributed by atoms with Crippen molar-refractivity contribution in [1.82, 2.24) is 10.2 Å². The molecule has 2 rings (SSSR count). The molecule has 2 heteroatoms. The third kappa shape index (κ3) is 2.85. The van der Waals surface area contributed by atoms with Gasteiger partial charge in [0.15, 0.2) is 0 Å². The number of piperidine rings is 1. The van der Waals surface area contributed by atoms with E-state index in [1.54, 1.807) is 0 Å². The van der Waals surface area contributed by atoms with E-state index in [2.05, 4.69) is 38.0 Å². The quantitative estimate of drug-likeness (QED) is 0.792. The molecule has 3 unspecified atom stereocenters. The van der Waals surface area contributed by atoms with Gasteiger partial charge in [-0.2, -0.15) is 0 Å². The summed E-state index contributed by atoms with van der Waals surface area (Å²) in [6.45, 7) is 8.22. The van der Waals surface area contributed by atoms with Crippen molar-refractivity contribution in [3.05, 3.63) is 0 Å². The first-order valence-electron chi connectivity index (χ1n) is 7.58. The van der Waals surface area contributed by atoms with Crippen LogP contribution in [0, 0.1) is 11.8 Å². The van der Waals surface area contributed by atoms with E-state index < -0.39 is 0 Å². The molecule has 17 heavy (non-hydrogen) atoms. The molecule has 0 saturated carbocycles. The van der Waals surface area contributed by atoms with E-state index >= 15 is 0 Å². The lowest BCUT2D eigenvalue weighted by Crippen LogP contribution is -2.49. The lowest BCUT2D eigenvalue weighted by molar-refractivity contribution is 0.100. The molecule has 2 fully saturated rings. The molecule has 0 aromatic heterocycles. The first-order chi connectivity index (χ1) is 8.13. The molecule has 0 aliphatic carbocycles. The maximum atomic E-state index is 3.80. The van der Waals surface area contributed by atoms with Gasteiger partial charge in [-0.1, -0.05) is 20.8 Å².